The largest absolute Gasteiger partial charge is 0.471 e. The molecule has 3 aromatic rings. The zero-order chi connectivity index (χ0) is 30.4. The maximum Gasteiger partial charge on any atom is 0.471 e. The quantitative estimate of drug-likeness (QED) is 0.177. The first-order valence-corrected chi connectivity index (χ1v) is 13.4. The van der Waals surface area contributed by atoms with Crippen LogP contribution in [0.25, 0.3) is 0 Å². The van der Waals surface area contributed by atoms with Crippen molar-refractivity contribution < 1.29 is 36.3 Å². The third-order valence-corrected chi connectivity index (χ3v) is 8.44. The fourth-order valence-electron chi connectivity index (χ4n) is 3.91. The van der Waals surface area contributed by atoms with Gasteiger partial charge in [0, 0.05) is 16.1 Å². The number of carbonyl (C=O) groups excluding carboxylic acids is 3. The molecule has 0 aliphatic heterocycles. The van der Waals surface area contributed by atoms with E-state index in [9.17, 15) is 36.3 Å². The van der Waals surface area contributed by atoms with Crippen molar-refractivity contribution in [1.82, 2.24) is 0 Å². The lowest BCUT2D eigenvalue weighted by Gasteiger charge is -2.14. The first-order chi connectivity index (χ1) is 19.0. The van der Waals surface area contributed by atoms with Crippen molar-refractivity contribution in [1.29, 1.82) is 0 Å². The van der Waals surface area contributed by atoms with Crippen LogP contribution in [-0.2, 0) is 9.59 Å². The third kappa shape index (κ3) is 6.56. The Kier molecular flexibility index (Phi) is 8.83. The molecule has 3 aromatic carbocycles. The topological polar surface area (TPSA) is 87.3 Å². The first kappa shape index (κ1) is 31.3. The number of halogens is 10. The second-order valence-corrected chi connectivity index (χ2v) is 11.8. The summed E-state index contributed by atoms with van der Waals surface area (Å²) in [5, 5.41) is 6.01. The molecule has 0 radical (unpaired) electrons. The second-order valence-electron chi connectivity index (χ2n) is 8.68. The maximum atomic E-state index is 14.7. The van der Waals surface area contributed by atoms with Crippen molar-refractivity contribution in [2.75, 3.05) is 16.0 Å². The number of benzene rings is 3. The Labute approximate surface area is 256 Å². The summed E-state index contributed by atoms with van der Waals surface area (Å²) in [5.74, 6) is -8.93. The van der Waals surface area contributed by atoms with Crippen LogP contribution in [0.2, 0.25) is 10.0 Å². The Hall–Kier alpha value is -2.64. The van der Waals surface area contributed by atoms with Gasteiger partial charge in [-0.1, -0.05) is 29.3 Å². The third-order valence-electron chi connectivity index (χ3n) is 5.95. The molecule has 1 saturated carbocycles. The van der Waals surface area contributed by atoms with Crippen LogP contribution in [0.3, 0.4) is 0 Å². The average Bonchev–Trinajstić information content (AvgIpc) is 3.47. The average molecular weight is 720 g/mol. The minimum absolute atomic E-state index is 0.0781. The Morgan fingerprint density at radius 3 is 2.17 bits per heavy atom. The lowest BCUT2D eigenvalue weighted by atomic mass is 10.1. The lowest BCUT2D eigenvalue weighted by molar-refractivity contribution is -0.167. The van der Waals surface area contributed by atoms with Crippen LogP contribution in [-0.4, -0.2) is 28.2 Å². The summed E-state index contributed by atoms with van der Waals surface area (Å²) in [4.78, 5) is 37.0. The molecular formula is C25H13BrCl4F5N3O3. The minimum atomic E-state index is -5.42. The minimum Gasteiger partial charge on any atom is -0.326 e. The van der Waals surface area contributed by atoms with E-state index >= 15 is 0 Å². The van der Waals surface area contributed by atoms with Crippen molar-refractivity contribution in [3.63, 3.8) is 0 Å². The Morgan fingerprint density at radius 1 is 0.878 bits per heavy atom. The summed E-state index contributed by atoms with van der Waals surface area (Å²) in [6.45, 7) is 0. The molecule has 0 saturated heterocycles. The summed E-state index contributed by atoms with van der Waals surface area (Å²) >= 11 is 28.2. The van der Waals surface area contributed by atoms with E-state index in [-0.39, 0.29) is 16.3 Å². The highest BCUT2D eigenvalue weighted by molar-refractivity contribution is 9.10. The van der Waals surface area contributed by atoms with E-state index in [1.54, 1.807) is 18.2 Å². The zero-order valence-electron chi connectivity index (χ0n) is 19.8. The van der Waals surface area contributed by atoms with Gasteiger partial charge in [0.2, 0.25) is 5.91 Å². The van der Waals surface area contributed by atoms with Gasteiger partial charge in [-0.3, -0.25) is 14.4 Å². The van der Waals surface area contributed by atoms with Crippen LogP contribution in [0, 0.1) is 17.6 Å². The molecule has 0 spiro atoms. The standard InChI is InChI=1S/C25H13BrCl4F5N3O3/c26-12-7-9(1-3-14(12)28)17-18(24(17,29)30)22(40)36-10-2-4-13(27)11(8-10)21(39)37-16-6-5-15(31)20(19(16)32)38-23(41)25(33,34)35/h1-8,17-18H,(H,36,40)(H,37,39)(H,38,41)/t17-,18+/m0/s1. The summed E-state index contributed by atoms with van der Waals surface area (Å²) in [7, 11) is 0. The van der Waals surface area contributed by atoms with Crippen molar-refractivity contribution in [2.45, 2.75) is 16.4 Å². The van der Waals surface area contributed by atoms with Gasteiger partial charge in [0.05, 0.1) is 27.2 Å². The first-order valence-electron chi connectivity index (χ1n) is 11.1. The molecule has 3 amide bonds. The molecule has 4 rings (SSSR count). The highest BCUT2D eigenvalue weighted by Crippen LogP contribution is 2.65. The summed E-state index contributed by atoms with van der Waals surface area (Å²) in [6.07, 6.45) is -5.42. The molecular weight excluding hydrogens is 707 g/mol. The number of hydrogen-bond donors (Lipinski definition) is 3. The fourth-order valence-corrected chi connectivity index (χ4v) is 5.45. The number of nitrogens with one attached hydrogen (secondary N) is 3. The van der Waals surface area contributed by atoms with Gasteiger partial charge in [-0.05, 0) is 64.0 Å². The predicted molar refractivity (Wildman–Crippen MR) is 149 cm³/mol. The normalized spacial score (nSPS) is 17.5. The van der Waals surface area contributed by atoms with Crippen LogP contribution < -0.4 is 16.0 Å². The van der Waals surface area contributed by atoms with E-state index in [2.05, 4.69) is 21.2 Å². The van der Waals surface area contributed by atoms with E-state index < -0.39 is 63.1 Å². The number of rotatable bonds is 6. The molecule has 0 unspecified atom stereocenters. The van der Waals surface area contributed by atoms with E-state index in [0.717, 1.165) is 17.4 Å². The van der Waals surface area contributed by atoms with Gasteiger partial charge in [0.1, 0.15) is 15.8 Å². The summed E-state index contributed by atoms with van der Waals surface area (Å²) in [6, 6.07) is 9.98. The number of amides is 3. The molecule has 0 bridgehead atoms. The lowest BCUT2D eigenvalue weighted by Crippen LogP contribution is -2.31. The molecule has 0 heterocycles. The monoisotopic (exact) mass is 717 g/mol. The highest BCUT2D eigenvalue weighted by Gasteiger charge is 2.67. The zero-order valence-corrected chi connectivity index (χ0v) is 24.4. The van der Waals surface area contributed by atoms with Gasteiger partial charge in [0.15, 0.2) is 5.82 Å². The molecule has 3 N–H and O–H groups in total. The molecule has 216 valence electrons. The van der Waals surface area contributed by atoms with Gasteiger partial charge >= 0.3 is 12.1 Å². The number of hydrogen-bond acceptors (Lipinski definition) is 3. The van der Waals surface area contributed by atoms with E-state index in [4.69, 9.17) is 46.4 Å². The fraction of sp³-hybridized carbons (Fsp3) is 0.160. The Bertz CT molecular complexity index is 1590. The smallest absolute Gasteiger partial charge is 0.326 e. The van der Waals surface area contributed by atoms with Gasteiger partial charge < -0.3 is 16.0 Å². The van der Waals surface area contributed by atoms with Crippen molar-refractivity contribution in [3.8, 4) is 0 Å². The molecule has 1 aliphatic rings. The molecule has 0 aromatic heterocycles. The summed E-state index contributed by atoms with van der Waals surface area (Å²) in [5.41, 5.74) is -1.74. The molecule has 16 heteroatoms. The second kappa shape index (κ2) is 11.6. The number of alkyl halides is 5. The predicted octanol–water partition coefficient (Wildman–Crippen LogP) is 8.31. The van der Waals surface area contributed by atoms with E-state index in [1.165, 1.54) is 12.1 Å². The number of anilines is 3. The van der Waals surface area contributed by atoms with Gasteiger partial charge in [-0.2, -0.15) is 13.2 Å². The Morgan fingerprint density at radius 2 is 1.54 bits per heavy atom. The van der Waals surface area contributed by atoms with Crippen molar-refractivity contribution in [3.05, 3.63) is 85.8 Å². The molecule has 2 atom stereocenters. The molecule has 6 nitrogen and oxygen atoms in total. The van der Waals surface area contributed by atoms with Gasteiger partial charge in [0.25, 0.3) is 5.91 Å². The van der Waals surface area contributed by atoms with Crippen LogP contribution in [0.1, 0.15) is 21.8 Å². The molecule has 1 fully saturated rings. The summed E-state index contributed by atoms with van der Waals surface area (Å²) < 4.78 is 65.5. The number of carbonyl (C=O) groups is 3. The van der Waals surface area contributed by atoms with E-state index in [0.29, 0.717) is 21.1 Å². The van der Waals surface area contributed by atoms with Crippen LogP contribution in [0.4, 0.5) is 39.0 Å². The molecule has 1 aliphatic carbocycles. The molecule has 41 heavy (non-hydrogen) atoms. The SMILES string of the molecule is O=C(Nc1ccc(F)c(NC(=O)C(F)(F)F)c1F)c1cc(NC(=O)[C@H]2[C@H](c3ccc(Cl)c(Br)c3)C2(Cl)Cl)ccc1Cl. The van der Waals surface area contributed by atoms with Gasteiger partial charge in [-0.15, -0.1) is 23.2 Å². The Balaban J connectivity index is 1.52. The van der Waals surface area contributed by atoms with Gasteiger partial charge in [-0.25, -0.2) is 8.78 Å². The van der Waals surface area contributed by atoms with Crippen LogP contribution in [0.15, 0.2) is 53.0 Å². The highest BCUT2D eigenvalue weighted by atomic mass is 79.9. The maximum absolute atomic E-state index is 14.7. The van der Waals surface area contributed by atoms with Crippen molar-refractivity contribution >= 4 is 97.1 Å². The van der Waals surface area contributed by atoms with E-state index in [1.807, 2.05) is 5.32 Å². The van der Waals surface area contributed by atoms with Crippen LogP contribution >= 0.6 is 62.3 Å². The van der Waals surface area contributed by atoms with Crippen molar-refractivity contribution in [2.24, 2.45) is 5.92 Å². The van der Waals surface area contributed by atoms with Crippen LogP contribution in [0.5, 0.6) is 0 Å².